The molecule has 4 heteroatoms. The maximum Gasteiger partial charge on any atom is 0.200 e. The zero-order chi connectivity index (χ0) is 11.4. The summed E-state index contributed by atoms with van der Waals surface area (Å²) >= 11 is 0. The Morgan fingerprint density at radius 2 is 1.88 bits per heavy atom. The van der Waals surface area contributed by atoms with Crippen molar-refractivity contribution < 1.29 is 14.7 Å². The van der Waals surface area contributed by atoms with Gasteiger partial charge in [-0.1, -0.05) is 0 Å². The molecule has 16 heavy (non-hydrogen) atoms. The molecule has 0 radical (unpaired) electrons. The van der Waals surface area contributed by atoms with Crippen LogP contribution in [-0.2, 0) is 4.74 Å². The summed E-state index contributed by atoms with van der Waals surface area (Å²) in [5.74, 6) is 0.234. The van der Waals surface area contributed by atoms with Gasteiger partial charge >= 0.3 is 0 Å². The van der Waals surface area contributed by atoms with Crippen molar-refractivity contribution in [3.63, 3.8) is 0 Å². The first-order valence-electron chi connectivity index (χ1n) is 5.42. The minimum atomic E-state index is -0.163. The van der Waals surface area contributed by atoms with Crippen LogP contribution < -0.4 is 4.90 Å². The molecule has 1 heterocycles. The van der Waals surface area contributed by atoms with E-state index in [-0.39, 0.29) is 11.8 Å². The Balaban J connectivity index is 2.15. The fourth-order valence-electron chi connectivity index (χ4n) is 1.99. The van der Waals surface area contributed by atoms with E-state index in [2.05, 4.69) is 6.07 Å². The molecule has 0 amide bonds. The molecular weight excluding hydrogens is 204 g/mol. The lowest BCUT2D eigenvalue weighted by molar-refractivity contribution is -0.930. The number of rotatable bonds is 2. The van der Waals surface area contributed by atoms with Gasteiger partial charge in [-0.15, -0.1) is 0 Å². The summed E-state index contributed by atoms with van der Waals surface area (Å²) in [6.07, 6.45) is 0. The zero-order valence-corrected chi connectivity index (χ0v) is 9.02. The molecule has 2 rings (SSSR count). The van der Waals surface area contributed by atoms with Crippen molar-refractivity contribution in [3.05, 3.63) is 29.8 Å². The molecule has 1 aromatic carbocycles. The lowest BCUT2D eigenvalue weighted by Crippen LogP contribution is -3.14. The largest absolute Gasteiger partial charge is 0.508 e. The maximum absolute atomic E-state index is 9.23. The highest BCUT2D eigenvalue weighted by atomic mass is 16.5. The molecule has 0 bridgehead atoms. The fourth-order valence-corrected chi connectivity index (χ4v) is 1.99. The van der Waals surface area contributed by atoms with E-state index in [4.69, 9.17) is 4.74 Å². The average molecular weight is 219 g/mol. The third kappa shape index (κ3) is 2.32. The van der Waals surface area contributed by atoms with Crippen LogP contribution >= 0.6 is 0 Å². The number of hydrogen-bond acceptors (Lipinski definition) is 3. The van der Waals surface area contributed by atoms with E-state index in [1.165, 1.54) is 4.90 Å². The Bertz CT molecular complexity index is 377. The summed E-state index contributed by atoms with van der Waals surface area (Å²) in [6.45, 7) is 3.15. The molecular formula is C12H15N2O2+. The van der Waals surface area contributed by atoms with E-state index >= 15 is 0 Å². The van der Waals surface area contributed by atoms with Crippen molar-refractivity contribution in [3.8, 4) is 11.8 Å². The first kappa shape index (κ1) is 10.9. The molecule has 1 atom stereocenters. The summed E-state index contributed by atoms with van der Waals surface area (Å²) in [7, 11) is 0. The highest BCUT2D eigenvalue weighted by molar-refractivity contribution is 5.29. The number of nitriles is 1. The third-order valence-corrected chi connectivity index (χ3v) is 2.90. The van der Waals surface area contributed by atoms with Gasteiger partial charge in [-0.3, -0.25) is 0 Å². The molecule has 1 fully saturated rings. The number of hydrogen-bond donors (Lipinski definition) is 2. The number of morpholine rings is 1. The summed E-state index contributed by atoms with van der Waals surface area (Å²) in [6, 6.07) is 9.04. The molecule has 0 saturated carbocycles. The van der Waals surface area contributed by atoms with Crippen molar-refractivity contribution in [2.45, 2.75) is 6.04 Å². The number of ether oxygens (including phenoxy) is 1. The van der Waals surface area contributed by atoms with Gasteiger partial charge < -0.3 is 14.7 Å². The van der Waals surface area contributed by atoms with Gasteiger partial charge in [0.25, 0.3) is 0 Å². The van der Waals surface area contributed by atoms with Gasteiger partial charge in [0.15, 0.2) is 0 Å². The van der Waals surface area contributed by atoms with E-state index in [1.807, 2.05) is 12.1 Å². The van der Waals surface area contributed by atoms with Crippen LogP contribution in [0.15, 0.2) is 24.3 Å². The quantitative estimate of drug-likeness (QED) is 0.728. The Hall–Kier alpha value is -1.57. The predicted molar refractivity (Wildman–Crippen MR) is 58.0 cm³/mol. The first-order valence-corrected chi connectivity index (χ1v) is 5.42. The molecule has 1 saturated heterocycles. The van der Waals surface area contributed by atoms with Gasteiger partial charge in [0.2, 0.25) is 6.04 Å². The lowest BCUT2D eigenvalue weighted by atomic mass is 10.1. The van der Waals surface area contributed by atoms with E-state index in [9.17, 15) is 10.4 Å². The number of nitrogens with one attached hydrogen (secondary N) is 1. The van der Waals surface area contributed by atoms with E-state index in [1.54, 1.807) is 12.1 Å². The summed E-state index contributed by atoms with van der Waals surface area (Å²) in [4.78, 5) is 1.24. The third-order valence-electron chi connectivity index (χ3n) is 2.90. The SMILES string of the molecule is N#C[C@@H](c1ccc(O)cc1)[NH+]1CCOCC1. The number of quaternary nitrogens is 1. The number of aromatic hydroxyl groups is 1. The van der Waals surface area contributed by atoms with E-state index < -0.39 is 0 Å². The van der Waals surface area contributed by atoms with Crippen LogP contribution in [-0.4, -0.2) is 31.4 Å². The van der Waals surface area contributed by atoms with Crippen molar-refractivity contribution in [2.75, 3.05) is 26.3 Å². The van der Waals surface area contributed by atoms with Gasteiger partial charge in [-0.25, -0.2) is 0 Å². The van der Waals surface area contributed by atoms with Crippen molar-refractivity contribution in [2.24, 2.45) is 0 Å². The fraction of sp³-hybridized carbons (Fsp3) is 0.417. The van der Waals surface area contributed by atoms with Crippen LogP contribution in [0.5, 0.6) is 5.75 Å². The van der Waals surface area contributed by atoms with Crippen LogP contribution in [0.2, 0.25) is 0 Å². The van der Waals surface area contributed by atoms with Crippen LogP contribution in [0.1, 0.15) is 11.6 Å². The minimum Gasteiger partial charge on any atom is -0.508 e. The first-order chi connectivity index (χ1) is 7.81. The Morgan fingerprint density at radius 1 is 1.25 bits per heavy atom. The molecule has 4 nitrogen and oxygen atoms in total. The van der Waals surface area contributed by atoms with Crippen LogP contribution in [0, 0.1) is 11.3 Å². The molecule has 0 spiro atoms. The topological polar surface area (TPSA) is 57.7 Å². The molecule has 0 aromatic heterocycles. The molecule has 1 aromatic rings. The molecule has 1 aliphatic rings. The molecule has 0 aliphatic carbocycles. The monoisotopic (exact) mass is 219 g/mol. The number of benzene rings is 1. The summed E-state index contributed by atoms with van der Waals surface area (Å²) < 4.78 is 5.28. The Kier molecular flexibility index (Phi) is 3.40. The van der Waals surface area contributed by atoms with E-state index in [0.29, 0.717) is 13.2 Å². The standard InChI is InChI=1S/C12H14N2O2/c13-9-12(14-5-7-16-8-6-14)10-1-3-11(15)4-2-10/h1-4,12,15H,5-8H2/p+1/t12-/m0/s1. The zero-order valence-electron chi connectivity index (χ0n) is 9.02. The van der Waals surface area contributed by atoms with Crippen molar-refractivity contribution >= 4 is 0 Å². The van der Waals surface area contributed by atoms with Crippen molar-refractivity contribution in [1.29, 1.82) is 5.26 Å². The second-order valence-corrected chi connectivity index (χ2v) is 3.92. The molecule has 84 valence electrons. The van der Waals surface area contributed by atoms with Gasteiger partial charge in [0, 0.05) is 5.56 Å². The van der Waals surface area contributed by atoms with E-state index in [0.717, 1.165) is 18.7 Å². The number of phenolic OH excluding ortho intramolecular Hbond substituents is 1. The minimum absolute atomic E-state index is 0.163. The van der Waals surface area contributed by atoms with Gasteiger partial charge in [-0.2, -0.15) is 5.26 Å². The predicted octanol–water partition coefficient (Wildman–Crippen LogP) is -0.128. The lowest BCUT2D eigenvalue weighted by Gasteiger charge is -2.27. The van der Waals surface area contributed by atoms with Gasteiger partial charge in [-0.05, 0) is 24.3 Å². The second-order valence-electron chi connectivity index (χ2n) is 3.92. The van der Waals surface area contributed by atoms with Crippen LogP contribution in [0.3, 0.4) is 0 Å². The van der Waals surface area contributed by atoms with Gasteiger partial charge in [0.1, 0.15) is 24.9 Å². The molecule has 1 aliphatic heterocycles. The van der Waals surface area contributed by atoms with Crippen molar-refractivity contribution in [1.82, 2.24) is 0 Å². The Labute approximate surface area is 94.7 Å². The normalized spacial score (nSPS) is 18.9. The maximum atomic E-state index is 9.23. The van der Waals surface area contributed by atoms with Crippen LogP contribution in [0.4, 0.5) is 0 Å². The highest BCUT2D eigenvalue weighted by Crippen LogP contribution is 2.14. The molecule has 2 N–H and O–H groups in total. The van der Waals surface area contributed by atoms with Crippen LogP contribution in [0.25, 0.3) is 0 Å². The van der Waals surface area contributed by atoms with Gasteiger partial charge in [0.05, 0.1) is 13.2 Å². The summed E-state index contributed by atoms with van der Waals surface area (Å²) in [5.41, 5.74) is 0.956. The Morgan fingerprint density at radius 3 is 2.44 bits per heavy atom. The molecule has 0 unspecified atom stereocenters. The average Bonchev–Trinajstić information content (AvgIpc) is 2.34. The summed E-state index contributed by atoms with van der Waals surface area (Å²) in [5, 5.41) is 18.4. The number of phenols is 1. The highest BCUT2D eigenvalue weighted by Gasteiger charge is 2.25. The second kappa shape index (κ2) is 4.97. The number of nitrogens with zero attached hydrogens (tertiary/aromatic N) is 1. The smallest absolute Gasteiger partial charge is 0.200 e.